The van der Waals surface area contributed by atoms with E-state index in [9.17, 15) is 13.9 Å². The smallest absolute Gasteiger partial charge is 0.144 e. The molecule has 5 aromatic carbocycles. The normalized spacial score (nSPS) is 7.46. The fraction of sp³-hybridized carbons (Fsp3) is 0.0270. The quantitative estimate of drug-likeness (QED) is 0.135. The molecule has 0 heterocycles. The van der Waals surface area contributed by atoms with Gasteiger partial charge in [0.15, 0.2) is 0 Å². The van der Waals surface area contributed by atoms with Crippen LogP contribution in [-0.4, -0.2) is 5.11 Å². The van der Waals surface area contributed by atoms with Gasteiger partial charge in [-0.2, -0.15) is 0 Å². The lowest BCUT2D eigenvalue weighted by molar-refractivity contribution is 0.125. The van der Waals surface area contributed by atoms with Gasteiger partial charge in [0.1, 0.15) is 53.3 Å². The summed E-state index contributed by atoms with van der Waals surface area (Å²) >= 11 is 0. The predicted molar refractivity (Wildman–Crippen MR) is 304 cm³/mol. The van der Waals surface area contributed by atoms with Gasteiger partial charge in [0.05, 0.1) is 0 Å². The van der Waals surface area contributed by atoms with Gasteiger partial charge >= 0.3 is 0 Å². The molecule has 0 fully saturated rings. The van der Waals surface area contributed by atoms with Crippen LogP contribution in [0.25, 0.3) is 10.8 Å². The highest BCUT2D eigenvalue weighted by molar-refractivity contribution is 5.85. The first kappa shape index (κ1) is 56.8. The van der Waals surface area contributed by atoms with Gasteiger partial charge < -0.3 is 19.3 Å². The monoisotopic (exact) mass is 1010 g/mol. The Hall–Kier alpha value is -14.1. The molecule has 0 radical (unpaired) electrons. The summed E-state index contributed by atoms with van der Waals surface area (Å²) in [6, 6.07) is 26.7. The molecule has 1 N–H and O–H groups in total. The summed E-state index contributed by atoms with van der Waals surface area (Å²) in [7, 11) is 0. The molecule has 0 bridgehead atoms. The Morgan fingerprint density at radius 2 is 0.662 bits per heavy atom. The molecule has 0 aliphatic heterocycles. The zero-order valence-corrected chi connectivity index (χ0v) is 41.1. The second-order valence-electron chi connectivity index (χ2n) is 14.0. The summed E-state index contributed by atoms with van der Waals surface area (Å²) in [4.78, 5) is 0. The Morgan fingerprint density at radius 1 is 0.338 bits per heavy atom. The Morgan fingerprint density at radius 3 is 1.02 bits per heavy atom. The van der Waals surface area contributed by atoms with Crippen LogP contribution in [0.1, 0.15) is 22.3 Å². The van der Waals surface area contributed by atoms with Crippen LogP contribution in [-0.2, 0) is 12.2 Å². The summed E-state index contributed by atoms with van der Waals surface area (Å²) in [5.41, 5.74) is -0.395. The Bertz CT molecular complexity index is 4550. The zero-order chi connectivity index (χ0) is 56.4. The van der Waals surface area contributed by atoms with Crippen molar-refractivity contribution >= 4 is 10.8 Å². The lowest BCUT2D eigenvalue weighted by Crippen LogP contribution is -2.29. The van der Waals surface area contributed by atoms with Crippen LogP contribution in [0, 0.1) is 274 Å². The molecular weight excluding hydrogens is 991 g/mol. The molecule has 0 aliphatic rings. The molecule has 5 aromatic rings. The van der Waals surface area contributed by atoms with Gasteiger partial charge in [0, 0.05) is 148 Å². The number of terminal acetylenes is 2. The fourth-order valence-corrected chi connectivity index (χ4v) is 5.82. The molecule has 0 atom stereocenters. The van der Waals surface area contributed by atoms with E-state index in [0.717, 1.165) is 10.8 Å². The highest BCUT2D eigenvalue weighted by Gasteiger charge is 2.34. The maximum atomic E-state index is 14.5. The lowest BCUT2D eigenvalue weighted by atomic mass is 9.79. The molecule has 0 spiro atoms. The Balaban J connectivity index is 1.28. The van der Waals surface area contributed by atoms with E-state index in [1.165, 1.54) is 36.4 Å². The number of fused-ring (bicyclic) bond motifs is 1. The SMILES string of the molecule is C#CC#CC#CC#CC#CC#CC#CC#CC#CC#CC#COc1cc(COc2ccc3cc(C(O)(c4cccc(F)c4)c4cccc(F)c4)ccc3c2)cc(OC#CC#CC#CC#CC#CC#CC#CC#CC#CC#CC#C)c1. The molecule has 5 rings (SSSR count). The van der Waals surface area contributed by atoms with Crippen LogP contribution in [0.5, 0.6) is 17.2 Å². The van der Waals surface area contributed by atoms with Gasteiger partial charge in [-0.25, -0.2) is 8.78 Å². The molecule has 0 saturated carbocycles. The lowest BCUT2D eigenvalue weighted by Gasteiger charge is -2.30. The van der Waals surface area contributed by atoms with Crippen molar-refractivity contribution in [2.75, 3.05) is 0 Å². The number of hydrogen-bond donors (Lipinski definition) is 1. The van der Waals surface area contributed by atoms with E-state index in [0.29, 0.717) is 16.9 Å². The highest BCUT2D eigenvalue weighted by atomic mass is 19.1. The van der Waals surface area contributed by atoms with Gasteiger partial charge in [-0.1, -0.05) is 42.5 Å². The summed E-state index contributed by atoms with van der Waals surface area (Å²) in [6.07, 6.45) is 15.0. The molecule has 0 unspecified atom stereocenters. The summed E-state index contributed by atoms with van der Waals surface area (Å²) < 4.78 is 46.5. The van der Waals surface area contributed by atoms with E-state index in [4.69, 9.17) is 27.1 Å². The molecule has 4 nitrogen and oxygen atoms in total. The standard InChI is InChI=1S/C74H22F2O4/c1-3-5-7-9-11-13-15-17-19-21-23-25-27-29-31-33-35-37-39-41-53-78-72-55-63(56-73(61-72)79-54-42-40-38-36-34-32-30-28-26-24-22-20-18-16-14-12-10-8-6-4-2)62-80-71-52-50-64-57-68(51-49-65(64)58-71)74(77,66-45-43-47-69(75)59-66)67-46-44-48-70(76)60-67/h1-2,43-52,55-61,77H,62H2. The summed E-state index contributed by atoms with van der Waals surface area (Å²) in [5, 5.41) is 13.8. The van der Waals surface area contributed by atoms with Gasteiger partial charge in [-0.05, 0) is 182 Å². The van der Waals surface area contributed by atoms with Crippen LogP contribution >= 0.6 is 0 Å². The summed E-state index contributed by atoms with van der Waals surface area (Å²) in [5.74, 6) is 99.0. The van der Waals surface area contributed by atoms with Crippen LogP contribution in [0.4, 0.5) is 8.78 Å². The van der Waals surface area contributed by atoms with Gasteiger partial charge in [-0.3, -0.25) is 0 Å². The van der Waals surface area contributed by atoms with Crippen LogP contribution in [0.15, 0.2) is 103 Å². The highest BCUT2D eigenvalue weighted by Crippen LogP contribution is 2.39. The zero-order valence-electron chi connectivity index (χ0n) is 41.1. The molecule has 0 amide bonds. The molecule has 356 valence electrons. The maximum Gasteiger partial charge on any atom is 0.144 e. The average molecular weight is 1010 g/mol. The average Bonchev–Trinajstić information content (AvgIpc) is 3.47. The third-order valence-electron chi connectivity index (χ3n) is 8.89. The van der Waals surface area contributed by atoms with Crippen molar-refractivity contribution in [1.82, 2.24) is 0 Å². The van der Waals surface area contributed by atoms with Gasteiger partial charge in [-0.15, -0.1) is 12.8 Å². The van der Waals surface area contributed by atoms with E-state index in [1.54, 1.807) is 54.6 Å². The maximum absolute atomic E-state index is 14.5. The number of ether oxygens (including phenoxy) is 3. The predicted octanol–water partition coefficient (Wildman–Crippen LogP) is 6.99. The summed E-state index contributed by atoms with van der Waals surface area (Å²) in [6.45, 7) is 0.0493. The second-order valence-corrected chi connectivity index (χ2v) is 14.0. The van der Waals surface area contributed by atoms with Gasteiger partial charge in [0.25, 0.3) is 0 Å². The minimum absolute atomic E-state index is 0.0493. The van der Waals surface area contributed by atoms with Gasteiger partial charge in [0.2, 0.25) is 0 Å². The first-order valence-corrected chi connectivity index (χ1v) is 22.2. The molecule has 0 saturated heterocycles. The number of rotatable bonds is 8. The third-order valence-corrected chi connectivity index (χ3v) is 8.89. The number of halogens is 2. The van der Waals surface area contributed by atoms with Crippen LogP contribution < -0.4 is 14.2 Å². The van der Waals surface area contributed by atoms with Crippen LogP contribution in [0.2, 0.25) is 0 Å². The van der Waals surface area contributed by atoms with E-state index >= 15 is 0 Å². The van der Waals surface area contributed by atoms with E-state index in [2.05, 4.69) is 249 Å². The van der Waals surface area contributed by atoms with Crippen molar-refractivity contribution in [2.24, 2.45) is 0 Å². The second kappa shape index (κ2) is 34.3. The first-order valence-electron chi connectivity index (χ1n) is 22.2. The Labute approximate surface area is 465 Å². The topological polar surface area (TPSA) is 47.9 Å². The molecule has 0 aliphatic carbocycles. The van der Waals surface area contributed by atoms with Crippen molar-refractivity contribution < 1.29 is 28.1 Å². The van der Waals surface area contributed by atoms with Crippen LogP contribution in [0.3, 0.4) is 0 Å². The number of benzene rings is 5. The molecule has 6 heteroatoms. The number of hydrogen-bond acceptors (Lipinski definition) is 4. The largest absolute Gasteiger partial charge is 0.489 e. The third kappa shape index (κ3) is 21.3. The number of aliphatic hydroxyl groups is 1. The van der Waals surface area contributed by atoms with Crippen molar-refractivity contribution in [1.29, 1.82) is 0 Å². The van der Waals surface area contributed by atoms with Crippen molar-refractivity contribution in [3.8, 4) is 279 Å². The first-order chi connectivity index (χ1) is 39.4. The fourth-order valence-electron chi connectivity index (χ4n) is 5.82. The van der Waals surface area contributed by atoms with E-state index < -0.39 is 17.2 Å². The molecular formula is C74H22F2O4. The van der Waals surface area contributed by atoms with Crippen molar-refractivity contribution in [2.45, 2.75) is 12.2 Å². The minimum Gasteiger partial charge on any atom is -0.489 e. The molecule has 0 aromatic heterocycles. The van der Waals surface area contributed by atoms with Crippen molar-refractivity contribution in [3.63, 3.8) is 0 Å². The molecule has 80 heavy (non-hydrogen) atoms. The minimum atomic E-state index is -1.87. The Kier molecular flexibility index (Phi) is 24.4. The van der Waals surface area contributed by atoms with E-state index in [1.807, 2.05) is 12.1 Å². The van der Waals surface area contributed by atoms with E-state index in [-0.39, 0.29) is 29.2 Å². The van der Waals surface area contributed by atoms with Crippen molar-refractivity contribution in [3.05, 3.63) is 137 Å².